The largest absolute Gasteiger partial charge is 0.352 e. The summed E-state index contributed by atoms with van der Waals surface area (Å²) in [7, 11) is -0.111. The molecule has 0 radical (unpaired) electrons. The minimum Gasteiger partial charge on any atom is -0.352 e. The quantitative estimate of drug-likeness (QED) is 0.490. The summed E-state index contributed by atoms with van der Waals surface area (Å²) in [5.74, 6) is 0.671. The lowest BCUT2D eigenvalue weighted by atomic mass is 10.1. The second-order valence-corrected chi connectivity index (χ2v) is 9.02. The molecule has 0 saturated heterocycles. The van der Waals surface area contributed by atoms with Crippen LogP contribution in [0.4, 0.5) is 0 Å². The second-order valence-electron chi connectivity index (χ2n) is 5.81. The van der Waals surface area contributed by atoms with Crippen LogP contribution in [0.1, 0.15) is 26.7 Å². The maximum atomic E-state index is 11.6. The van der Waals surface area contributed by atoms with Gasteiger partial charge in [-0.3, -0.25) is 4.99 Å². The van der Waals surface area contributed by atoms with Crippen molar-refractivity contribution in [1.29, 1.82) is 0 Å². The van der Waals surface area contributed by atoms with E-state index in [1.165, 1.54) is 11.9 Å². The predicted molar refractivity (Wildman–Crippen MR) is 107 cm³/mol. The Morgan fingerprint density at radius 3 is 2.27 bits per heavy atom. The summed E-state index contributed by atoms with van der Waals surface area (Å²) < 4.78 is 25.5. The Balaban J connectivity index is 1.86. The van der Waals surface area contributed by atoms with Crippen molar-refractivity contribution < 1.29 is 8.42 Å². The molecule has 3 N–H and O–H groups in total. The highest BCUT2D eigenvalue weighted by Gasteiger charge is 2.08. The van der Waals surface area contributed by atoms with E-state index in [0.29, 0.717) is 19.0 Å². The van der Waals surface area contributed by atoms with E-state index in [1.807, 2.05) is 31.2 Å². The van der Waals surface area contributed by atoms with Crippen LogP contribution in [0, 0.1) is 13.8 Å². The zero-order valence-electron chi connectivity index (χ0n) is 15.5. The normalized spacial score (nSPS) is 12.2. The van der Waals surface area contributed by atoms with Crippen molar-refractivity contribution >= 4 is 27.3 Å². The van der Waals surface area contributed by atoms with E-state index in [0.717, 1.165) is 21.8 Å². The van der Waals surface area contributed by atoms with Gasteiger partial charge in [0, 0.05) is 18.5 Å². The van der Waals surface area contributed by atoms with Crippen LogP contribution in [0.3, 0.4) is 0 Å². The van der Waals surface area contributed by atoms with Gasteiger partial charge < -0.3 is 10.6 Å². The number of thiazole rings is 1. The molecule has 0 aliphatic heterocycles. The smallest absolute Gasteiger partial charge is 0.215 e. The van der Waals surface area contributed by atoms with E-state index in [2.05, 4.69) is 32.3 Å². The van der Waals surface area contributed by atoms with Crippen LogP contribution in [-0.2, 0) is 28.9 Å². The predicted octanol–water partition coefficient (Wildman–Crippen LogP) is 1.67. The number of aliphatic imine (C=N–C) groups is 1. The first-order valence-corrected chi connectivity index (χ1v) is 10.7. The minimum atomic E-state index is -3.25. The number of hydrogen-bond acceptors (Lipinski definition) is 5. The van der Waals surface area contributed by atoms with Gasteiger partial charge in [0.1, 0.15) is 5.01 Å². The average molecular weight is 396 g/mol. The highest BCUT2D eigenvalue weighted by Crippen LogP contribution is 2.15. The molecule has 0 fully saturated rings. The second kappa shape index (κ2) is 9.11. The molecule has 2 aromatic rings. The van der Waals surface area contributed by atoms with E-state index in [1.54, 1.807) is 18.4 Å². The summed E-state index contributed by atoms with van der Waals surface area (Å²) in [6.07, 6.45) is 0. The third-order valence-corrected chi connectivity index (χ3v) is 6.26. The van der Waals surface area contributed by atoms with Crippen molar-refractivity contribution in [2.75, 3.05) is 14.1 Å². The molecule has 0 aliphatic carbocycles. The molecule has 26 heavy (non-hydrogen) atoms. The summed E-state index contributed by atoms with van der Waals surface area (Å²) in [4.78, 5) is 9.93. The first kappa shape index (κ1) is 20.3. The standard InChI is InChI=1S/C17H25N5O2S2/c1-12-13(2)25-16(22-12)10-21-17(18-3)20-9-14-5-7-15(8-6-14)11-26(23,24)19-4/h5-8,19H,9-11H2,1-4H3,(H2,18,20,21). The van der Waals surface area contributed by atoms with Crippen molar-refractivity contribution in [3.05, 3.63) is 51.0 Å². The van der Waals surface area contributed by atoms with Gasteiger partial charge in [-0.2, -0.15) is 0 Å². The Kier molecular flexibility index (Phi) is 7.13. The molecule has 1 aromatic heterocycles. The van der Waals surface area contributed by atoms with Crippen LogP contribution in [0.5, 0.6) is 0 Å². The molecular formula is C17H25N5O2S2. The summed E-state index contributed by atoms with van der Waals surface area (Å²) in [5.41, 5.74) is 2.86. The molecule has 0 atom stereocenters. The fraction of sp³-hybridized carbons (Fsp3) is 0.412. The lowest BCUT2D eigenvalue weighted by molar-refractivity contribution is 0.587. The first-order valence-electron chi connectivity index (χ1n) is 8.19. The van der Waals surface area contributed by atoms with Crippen molar-refractivity contribution in [2.45, 2.75) is 32.7 Å². The molecule has 0 saturated carbocycles. The topological polar surface area (TPSA) is 95.5 Å². The Morgan fingerprint density at radius 1 is 1.12 bits per heavy atom. The summed E-state index contributed by atoms with van der Waals surface area (Å²) in [6, 6.07) is 7.47. The zero-order chi connectivity index (χ0) is 19.2. The van der Waals surface area contributed by atoms with Crippen molar-refractivity contribution in [1.82, 2.24) is 20.3 Å². The highest BCUT2D eigenvalue weighted by atomic mass is 32.2. The van der Waals surface area contributed by atoms with Gasteiger partial charge in [-0.05, 0) is 32.0 Å². The van der Waals surface area contributed by atoms with Gasteiger partial charge in [0.25, 0.3) is 0 Å². The van der Waals surface area contributed by atoms with Crippen LogP contribution in [0.2, 0.25) is 0 Å². The fourth-order valence-electron chi connectivity index (χ4n) is 2.23. The lowest BCUT2D eigenvalue weighted by Crippen LogP contribution is -2.36. The van der Waals surface area contributed by atoms with Crippen LogP contribution < -0.4 is 15.4 Å². The number of benzene rings is 1. The molecule has 0 bridgehead atoms. The van der Waals surface area contributed by atoms with Crippen LogP contribution in [0.15, 0.2) is 29.3 Å². The van der Waals surface area contributed by atoms with Crippen LogP contribution in [0.25, 0.3) is 0 Å². The van der Waals surface area contributed by atoms with E-state index >= 15 is 0 Å². The Morgan fingerprint density at radius 2 is 1.73 bits per heavy atom. The number of sulfonamides is 1. The summed E-state index contributed by atoms with van der Waals surface area (Å²) in [5, 5.41) is 7.51. The van der Waals surface area contributed by atoms with E-state index in [-0.39, 0.29) is 5.75 Å². The fourth-order valence-corrected chi connectivity index (χ4v) is 3.87. The van der Waals surface area contributed by atoms with Gasteiger partial charge in [-0.15, -0.1) is 11.3 Å². The Bertz CT molecular complexity index is 838. The monoisotopic (exact) mass is 395 g/mol. The van der Waals surface area contributed by atoms with Gasteiger partial charge in [0.2, 0.25) is 10.0 Å². The zero-order valence-corrected chi connectivity index (χ0v) is 17.1. The summed E-state index contributed by atoms with van der Waals surface area (Å²) >= 11 is 1.68. The molecule has 0 unspecified atom stereocenters. The van der Waals surface area contributed by atoms with Crippen molar-refractivity contribution in [3.63, 3.8) is 0 Å². The third-order valence-electron chi connectivity index (χ3n) is 3.85. The maximum absolute atomic E-state index is 11.6. The van der Waals surface area contributed by atoms with Gasteiger partial charge in [0.15, 0.2) is 5.96 Å². The molecule has 9 heteroatoms. The molecule has 0 aliphatic rings. The number of rotatable bonds is 7. The number of nitrogens with one attached hydrogen (secondary N) is 3. The lowest BCUT2D eigenvalue weighted by Gasteiger charge is -2.11. The number of nitrogens with zero attached hydrogens (tertiary/aromatic N) is 2. The van der Waals surface area contributed by atoms with Crippen molar-refractivity contribution in [3.8, 4) is 0 Å². The Hall–Kier alpha value is -1.97. The number of hydrogen-bond donors (Lipinski definition) is 3. The van der Waals surface area contributed by atoms with Gasteiger partial charge in [-0.1, -0.05) is 24.3 Å². The Labute approximate surface area is 159 Å². The SMILES string of the molecule is CN=C(NCc1ccc(CS(=O)(=O)NC)cc1)NCc1nc(C)c(C)s1. The van der Waals surface area contributed by atoms with Crippen LogP contribution in [-0.4, -0.2) is 33.5 Å². The molecule has 7 nitrogen and oxygen atoms in total. The van der Waals surface area contributed by atoms with Gasteiger partial charge in [-0.25, -0.2) is 18.1 Å². The summed E-state index contributed by atoms with van der Waals surface area (Å²) in [6.45, 7) is 5.29. The third kappa shape index (κ3) is 6.08. The molecule has 2 rings (SSSR count). The van der Waals surface area contributed by atoms with E-state index in [9.17, 15) is 8.42 Å². The molecular weight excluding hydrogens is 370 g/mol. The van der Waals surface area contributed by atoms with Gasteiger partial charge >= 0.3 is 0 Å². The average Bonchev–Trinajstić information content (AvgIpc) is 2.94. The molecule has 1 aromatic carbocycles. The van der Waals surface area contributed by atoms with Crippen LogP contribution >= 0.6 is 11.3 Å². The van der Waals surface area contributed by atoms with E-state index < -0.39 is 10.0 Å². The molecule has 1 heterocycles. The number of aromatic nitrogens is 1. The molecule has 0 spiro atoms. The van der Waals surface area contributed by atoms with E-state index in [4.69, 9.17) is 0 Å². The number of guanidine groups is 1. The van der Waals surface area contributed by atoms with Crippen molar-refractivity contribution in [2.24, 2.45) is 4.99 Å². The highest BCUT2D eigenvalue weighted by molar-refractivity contribution is 7.88. The first-order chi connectivity index (χ1) is 12.3. The molecule has 142 valence electrons. The molecule has 0 amide bonds. The number of aryl methyl sites for hydroxylation is 2. The van der Waals surface area contributed by atoms with Gasteiger partial charge in [0.05, 0.1) is 18.0 Å². The maximum Gasteiger partial charge on any atom is 0.215 e. The minimum absolute atomic E-state index is 0.0208.